The van der Waals surface area contributed by atoms with Gasteiger partial charge < -0.3 is 5.73 Å². The number of rotatable bonds is 3. The van der Waals surface area contributed by atoms with E-state index in [1.165, 1.54) is 24.8 Å². The third-order valence-electron chi connectivity index (χ3n) is 3.99. The van der Waals surface area contributed by atoms with Crippen LogP contribution in [0.5, 0.6) is 0 Å². The molecule has 2 nitrogen and oxygen atoms in total. The number of likely N-dealkylation sites (tertiary alicyclic amines) is 1. The summed E-state index contributed by atoms with van der Waals surface area (Å²) in [6.45, 7) is 5.87. The Morgan fingerprint density at radius 3 is 2.59 bits per heavy atom. The van der Waals surface area contributed by atoms with Crippen LogP contribution >= 0.6 is 0 Å². The second-order valence-corrected chi connectivity index (χ2v) is 5.36. The fourth-order valence-electron chi connectivity index (χ4n) is 2.92. The SMILES string of the molecule is CC1CCCC(C)N1CCc1cccc(N)c1. The predicted octanol–water partition coefficient (Wildman–Crippen LogP) is 3.07. The lowest BCUT2D eigenvalue weighted by molar-refractivity contribution is 0.105. The molecular weight excluding hydrogens is 208 g/mol. The van der Waals surface area contributed by atoms with E-state index < -0.39 is 0 Å². The fourth-order valence-corrected chi connectivity index (χ4v) is 2.92. The summed E-state index contributed by atoms with van der Waals surface area (Å²) in [6, 6.07) is 9.75. The molecule has 1 aromatic carbocycles. The first kappa shape index (κ1) is 12.4. The van der Waals surface area contributed by atoms with Crippen molar-refractivity contribution in [3.05, 3.63) is 29.8 Å². The van der Waals surface area contributed by atoms with E-state index in [9.17, 15) is 0 Å². The molecule has 94 valence electrons. The Labute approximate surface area is 105 Å². The molecule has 1 aliphatic heterocycles. The average molecular weight is 232 g/mol. The summed E-state index contributed by atoms with van der Waals surface area (Å²) in [6.07, 6.45) is 5.19. The highest BCUT2D eigenvalue weighted by molar-refractivity contribution is 5.40. The van der Waals surface area contributed by atoms with E-state index in [2.05, 4.69) is 30.9 Å². The van der Waals surface area contributed by atoms with E-state index >= 15 is 0 Å². The molecule has 17 heavy (non-hydrogen) atoms. The Kier molecular flexibility index (Phi) is 4.06. The van der Waals surface area contributed by atoms with E-state index in [4.69, 9.17) is 5.73 Å². The number of hydrogen-bond donors (Lipinski definition) is 1. The van der Waals surface area contributed by atoms with Crippen LogP contribution in [0.4, 0.5) is 5.69 Å². The fraction of sp³-hybridized carbons (Fsp3) is 0.600. The van der Waals surface area contributed by atoms with Gasteiger partial charge in [-0.25, -0.2) is 0 Å². The Hall–Kier alpha value is -1.02. The van der Waals surface area contributed by atoms with Crippen LogP contribution in [0.25, 0.3) is 0 Å². The molecule has 0 spiro atoms. The maximum atomic E-state index is 5.81. The minimum absolute atomic E-state index is 0.736. The Bertz CT molecular complexity index is 352. The van der Waals surface area contributed by atoms with E-state index in [0.717, 1.165) is 30.7 Å². The lowest BCUT2D eigenvalue weighted by atomic mass is 9.97. The molecule has 0 aromatic heterocycles. The van der Waals surface area contributed by atoms with Gasteiger partial charge in [0, 0.05) is 24.3 Å². The van der Waals surface area contributed by atoms with Crippen LogP contribution in [-0.4, -0.2) is 23.5 Å². The van der Waals surface area contributed by atoms with Crippen LogP contribution < -0.4 is 5.73 Å². The zero-order valence-corrected chi connectivity index (χ0v) is 11.0. The molecule has 0 bridgehead atoms. The van der Waals surface area contributed by atoms with Crippen LogP contribution in [0.15, 0.2) is 24.3 Å². The molecule has 1 heterocycles. The van der Waals surface area contributed by atoms with Crippen molar-refractivity contribution < 1.29 is 0 Å². The number of piperidine rings is 1. The number of nitrogens with zero attached hydrogens (tertiary/aromatic N) is 1. The highest BCUT2D eigenvalue weighted by atomic mass is 15.2. The van der Waals surface area contributed by atoms with Gasteiger partial charge in [0.1, 0.15) is 0 Å². The first-order valence-corrected chi connectivity index (χ1v) is 6.77. The van der Waals surface area contributed by atoms with Gasteiger partial charge >= 0.3 is 0 Å². The first-order chi connectivity index (χ1) is 8.16. The van der Waals surface area contributed by atoms with Gasteiger partial charge in [0.25, 0.3) is 0 Å². The molecule has 2 heteroatoms. The number of benzene rings is 1. The van der Waals surface area contributed by atoms with E-state index in [0.29, 0.717) is 0 Å². The third kappa shape index (κ3) is 3.22. The van der Waals surface area contributed by atoms with Gasteiger partial charge in [-0.3, -0.25) is 4.90 Å². The molecule has 2 unspecified atom stereocenters. The summed E-state index contributed by atoms with van der Waals surface area (Å²) < 4.78 is 0. The first-order valence-electron chi connectivity index (χ1n) is 6.77. The van der Waals surface area contributed by atoms with Crippen LogP contribution in [-0.2, 0) is 6.42 Å². The molecule has 1 aliphatic rings. The monoisotopic (exact) mass is 232 g/mol. The maximum Gasteiger partial charge on any atom is 0.0316 e. The molecule has 1 saturated heterocycles. The lowest BCUT2D eigenvalue weighted by Gasteiger charge is -2.39. The van der Waals surface area contributed by atoms with Crippen molar-refractivity contribution in [2.24, 2.45) is 0 Å². The molecule has 0 saturated carbocycles. The Morgan fingerprint density at radius 1 is 1.24 bits per heavy atom. The van der Waals surface area contributed by atoms with Gasteiger partial charge in [-0.05, 0) is 50.8 Å². The minimum Gasteiger partial charge on any atom is -0.399 e. The molecule has 1 fully saturated rings. The van der Waals surface area contributed by atoms with Crippen molar-refractivity contribution in [3.8, 4) is 0 Å². The summed E-state index contributed by atoms with van der Waals surface area (Å²) in [5.74, 6) is 0. The van der Waals surface area contributed by atoms with E-state index in [-0.39, 0.29) is 0 Å². The van der Waals surface area contributed by atoms with Crippen molar-refractivity contribution >= 4 is 5.69 Å². The van der Waals surface area contributed by atoms with E-state index in [1.54, 1.807) is 0 Å². The van der Waals surface area contributed by atoms with Gasteiger partial charge in [-0.15, -0.1) is 0 Å². The second kappa shape index (κ2) is 5.54. The Morgan fingerprint density at radius 2 is 1.94 bits per heavy atom. The quantitative estimate of drug-likeness (QED) is 0.812. The highest BCUT2D eigenvalue weighted by Crippen LogP contribution is 2.22. The molecular formula is C15H24N2. The molecule has 2 rings (SSSR count). The van der Waals surface area contributed by atoms with Crippen molar-refractivity contribution in [2.45, 2.75) is 51.6 Å². The third-order valence-corrected chi connectivity index (χ3v) is 3.99. The van der Waals surface area contributed by atoms with Crippen molar-refractivity contribution in [3.63, 3.8) is 0 Å². The summed E-state index contributed by atoms with van der Waals surface area (Å²) in [4.78, 5) is 2.65. The predicted molar refractivity (Wildman–Crippen MR) is 74.0 cm³/mol. The molecule has 2 N–H and O–H groups in total. The lowest BCUT2D eigenvalue weighted by Crippen LogP contribution is -2.44. The number of nitrogen functional groups attached to an aromatic ring is 1. The van der Waals surface area contributed by atoms with Crippen LogP contribution in [0.2, 0.25) is 0 Å². The van der Waals surface area contributed by atoms with Gasteiger partial charge in [-0.1, -0.05) is 18.6 Å². The van der Waals surface area contributed by atoms with Crippen molar-refractivity contribution in [1.82, 2.24) is 4.90 Å². The number of anilines is 1. The summed E-state index contributed by atoms with van der Waals surface area (Å²) in [7, 11) is 0. The van der Waals surface area contributed by atoms with E-state index in [1.807, 2.05) is 12.1 Å². The molecule has 1 aromatic rings. The summed E-state index contributed by atoms with van der Waals surface area (Å²) >= 11 is 0. The van der Waals surface area contributed by atoms with Crippen molar-refractivity contribution in [1.29, 1.82) is 0 Å². The summed E-state index contributed by atoms with van der Waals surface area (Å²) in [5, 5.41) is 0. The largest absolute Gasteiger partial charge is 0.399 e. The normalized spacial score (nSPS) is 26.0. The van der Waals surface area contributed by atoms with Gasteiger partial charge in [0.15, 0.2) is 0 Å². The number of nitrogens with two attached hydrogens (primary N) is 1. The second-order valence-electron chi connectivity index (χ2n) is 5.36. The number of hydrogen-bond acceptors (Lipinski definition) is 2. The van der Waals surface area contributed by atoms with Crippen LogP contribution in [0.1, 0.15) is 38.7 Å². The summed E-state index contributed by atoms with van der Waals surface area (Å²) in [5.41, 5.74) is 8.04. The molecule has 0 aliphatic carbocycles. The van der Waals surface area contributed by atoms with Crippen LogP contribution in [0, 0.1) is 0 Å². The Balaban J connectivity index is 1.92. The highest BCUT2D eigenvalue weighted by Gasteiger charge is 2.23. The van der Waals surface area contributed by atoms with Crippen LogP contribution in [0.3, 0.4) is 0 Å². The topological polar surface area (TPSA) is 29.3 Å². The standard InChI is InChI=1S/C15H24N2/c1-12-5-3-6-13(2)17(12)10-9-14-7-4-8-15(16)11-14/h4,7-8,11-13H,3,5-6,9-10,16H2,1-2H3. The van der Waals surface area contributed by atoms with Gasteiger partial charge in [0.05, 0.1) is 0 Å². The minimum atomic E-state index is 0.736. The van der Waals surface area contributed by atoms with Gasteiger partial charge in [0.2, 0.25) is 0 Å². The van der Waals surface area contributed by atoms with Crippen molar-refractivity contribution in [2.75, 3.05) is 12.3 Å². The molecule has 0 radical (unpaired) electrons. The smallest absolute Gasteiger partial charge is 0.0316 e. The molecule has 2 atom stereocenters. The zero-order chi connectivity index (χ0) is 12.3. The average Bonchev–Trinajstić information content (AvgIpc) is 2.28. The zero-order valence-electron chi connectivity index (χ0n) is 11.0. The molecule has 0 amide bonds. The van der Waals surface area contributed by atoms with Gasteiger partial charge in [-0.2, -0.15) is 0 Å². The maximum absolute atomic E-state index is 5.81.